The zero-order valence-electron chi connectivity index (χ0n) is 17.3. The number of nitrogens with zero attached hydrogens (tertiary/aromatic N) is 4. The molecule has 0 saturated carbocycles. The molecule has 4 rings (SSSR count). The van der Waals surface area contributed by atoms with Gasteiger partial charge in [-0.3, -0.25) is 9.36 Å². The van der Waals surface area contributed by atoms with Gasteiger partial charge in [-0.2, -0.15) is 0 Å². The van der Waals surface area contributed by atoms with Crippen molar-refractivity contribution in [1.82, 2.24) is 14.8 Å². The summed E-state index contributed by atoms with van der Waals surface area (Å²) in [4.78, 5) is 14.8. The fraction of sp³-hybridized carbons (Fsp3) is 0.318. The lowest BCUT2D eigenvalue weighted by Crippen LogP contribution is -2.30. The van der Waals surface area contributed by atoms with Crippen LogP contribution in [0.25, 0.3) is 5.69 Å². The van der Waals surface area contributed by atoms with E-state index in [2.05, 4.69) is 20.4 Å². The molecule has 0 atom stereocenters. The molecule has 1 fully saturated rings. The summed E-state index contributed by atoms with van der Waals surface area (Å²) in [6.07, 6.45) is 5.00. The van der Waals surface area contributed by atoms with E-state index in [1.165, 1.54) is 30.3 Å². The van der Waals surface area contributed by atoms with Crippen LogP contribution in [0.1, 0.15) is 19.3 Å². The maximum absolute atomic E-state index is 13.9. The van der Waals surface area contributed by atoms with Crippen LogP contribution in [0, 0.1) is 5.82 Å². The Hall–Kier alpha value is -3.07. The van der Waals surface area contributed by atoms with Crippen molar-refractivity contribution in [1.29, 1.82) is 0 Å². The molecule has 0 unspecified atom stereocenters. The van der Waals surface area contributed by atoms with Crippen LogP contribution in [0.2, 0.25) is 0 Å². The molecule has 1 aliphatic heterocycles. The lowest BCUT2D eigenvalue weighted by Gasteiger charge is -2.30. The van der Waals surface area contributed by atoms with E-state index < -0.39 is 0 Å². The van der Waals surface area contributed by atoms with Crippen LogP contribution in [0.15, 0.2) is 53.9 Å². The zero-order chi connectivity index (χ0) is 21.6. The predicted molar refractivity (Wildman–Crippen MR) is 120 cm³/mol. The van der Waals surface area contributed by atoms with Crippen LogP contribution >= 0.6 is 11.8 Å². The first kappa shape index (κ1) is 21.2. The number of ether oxygens (including phenoxy) is 1. The third kappa shape index (κ3) is 5.16. The van der Waals surface area contributed by atoms with Gasteiger partial charge in [-0.25, -0.2) is 4.39 Å². The van der Waals surface area contributed by atoms with E-state index in [1.54, 1.807) is 24.1 Å². The number of piperidine rings is 1. The molecule has 3 aromatic rings. The van der Waals surface area contributed by atoms with Crippen LogP contribution < -0.4 is 15.0 Å². The molecule has 2 aromatic carbocycles. The number of anilines is 2. The highest BCUT2D eigenvalue weighted by Crippen LogP contribution is 2.30. The van der Waals surface area contributed by atoms with Crippen molar-refractivity contribution in [2.24, 2.45) is 0 Å². The number of carbonyl (C=O) groups is 1. The normalized spacial score (nSPS) is 13.8. The molecule has 162 valence electrons. The Morgan fingerprint density at radius 3 is 2.68 bits per heavy atom. The lowest BCUT2D eigenvalue weighted by atomic mass is 10.1. The van der Waals surface area contributed by atoms with Gasteiger partial charge in [0.05, 0.1) is 24.2 Å². The molecule has 1 amide bonds. The van der Waals surface area contributed by atoms with E-state index in [4.69, 9.17) is 4.74 Å². The number of hydrogen-bond acceptors (Lipinski definition) is 6. The maximum atomic E-state index is 13.9. The third-order valence-corrected chi connectivity index (χ3v) is 6.07. The second-order valence-corrected chi connectivity index (χ2v) is 8.17. The highest BCUT2D eigenvalue weighted by Gasteiger charge is 2.17. The molecule has 1 aliphatic rings. The number of hydrogen-bond donors (Lipinski definition) is 1. The fourth-order valence-corrected chi connectivity index (χ4v) is 4.31. The van der Waals surface area contributed by atoms with Crippen molar-refractivity contribution >= 4 is 29.0 Å². The second-order valence-electron chi connectivity index (χ2n) is 7.23. The molecule has 1 saturated heterocycles. The fourth-order valence-electron chi connectivity index (χ4n) is 3.58. The third-order valence-electron chi connectivity index (χ3n) is 5.13. The molecule has 0 bridgehead atoms. The number of carbonyl (C=O) groups excluding carboxylic acids is 1. The molecular formula is C22H24FN5O2S. The Balaban J connectivity index is 1.42. The lowest BCUT2D eigenvalue weighted by molar-refractivity contribution is -0.113. The Morgan fingerprint density at radius 2 is 1.94 bits per heavy atom. The summed E-state index contributed by atoms with van der Waals surface area (Å²) < 4.78 is 20.9. The van der Waals surface area contributed by atoms with Crippen molar-refractivity contribution in [2.75, 3.05) is 36.2 Å². The second kappa shape index (κ2) is 9.82. The van der Waals surface area contributed by atoms with E-state index in [0.717, 1.165) is 43.1 Å². The van der Waals surface area contributed by atoms with E-state index in [1.807, 2.05) is 24.3 Å². The average molecular weight is 442 g/mol. The molecule has 9 heteroatoms. The number of nitrogens with one attached hydrogen (secondary N) is 1. The highest BCUT2D eigenvalue weighted by atomic mass is 32.2. The minimum atomic E-state index is -0.372. The molecular weight excluding hydrogens is 417 g/mol. The maximum Gasteiger partial charge on any atom is 0.234 e. The van der Waals surface area contributed by atoms with Gasteiger partial charge in [-0.05, 0) is 61.7 Å². The van der Waals surface area contributed by atoms with E-state index in [0.29, 0.717) is 10.8 Å². The standard InChI is InChI=1S/C22H24FN5O2S/c1-30-18-8-6-17(7-9-18)28-15-24-26-22(28)31-14-21(29)25-19-13-16(23)5-10-20(19)27-11-3-2-4-12-27/h5-10,13,15H,2-4,11-12,14H2,1H3,(H,25,29). The van der Waals surface area contributed by atoms with Gasteiger partial charge < -0.3 is 15.0 Å². The summed E-state index contributed by atoms with van der Waals surface area (Å²) >= 11 is 1.27. The first-order chi connectivity index (χ1) is 15.1. The number of amides is 1. The number of aromatic nitrogens is 3. The van der Waals surface area contributed by atoms with Gasteiger partial charge in [0.15, 0.2) is 5.16 Å². The largest absolute Gasteiger partial charge is 0.497 e. The Labute approximate surface area is 184 Å². The highest BCUT2D eigenvalue weighted by molar-refractivity contribution is 7.99. The molecule has 0 spiro atoms. The van der Waals surface area contributed by atoms with Crippen molar-refractivity contribution in [2.45, 2.75) is 24.4 Å². The van der Waals surface area contributed by atoms with Gasteiger partial charge in [0.2, 0.25) is 5.91 Å². The SMILES string of the molecule is COc1ccc(-n2cnnc2SCC(=O)Nc2cc(F)ccc2N2CCCCC2)cc1. The van der Waals surface area contributed by atoms with Gasteiger partial charge in [0.1, 0.15) is 17.9 Å². The summed E-state index contributed by atoms with van der Waals surface area (Å²) in [5.74, 6) is 0.288. The van der Waals surface area contributed by atoms with Crippen molar-refractivity contribution < 1.29 is 13.9 Å². The smallest absolute Gasteiger partial charge is 0.234 e. The van der Waals surface area contributed by atoms with Gasteiger partial charge in [0.25, 0.3) is 0 Å². The van der Waals surface area contributed by atoms with Crippen LogP contribution in [0.3, 0.4) is 0 Å². The summed E-state index contributed by atoms with van der Waals surface area (Å²) in [6, 6.07) is 12.0. The monoisotopic (exact) mass is 441 g/mol. The van der Waals surface area contributed by atoms with Crippen molar-refractivity contribution in [3.8, 4) is 11.4 Å². The molecule has 2 heterocycles. The predicted octanol–water partition coefficient (Wildman–Crippen LogP) is 4.14. The topological polar surface area (TPSA) is 72.3 Å². The average Bonchev–Trinajstić information content (AvgIpc) is 3.27. The van der Waals surface area contributed by atoms with Crippen molar-refractivity contribution in [3.05, 3.63) is 54.6 Å². The summed E-state index contributed by atoms with van der Waals surface area (Å²) in [7, 11) is 1.61. The molecule has 31 heavy (non-hydrogen) atoms. The summed E-state index contributed by atoms with van der Waals surface area (Å²) in [5, 5.41) is 11.5. The Kier molecular flexibility index (Phi) is 6.71. The van der Waals surface area contributed by atoms with Crippen LogP contribution in [-0.4, -0.2) is 46.6 Å². The minimum absolute atomic E-state index is 0.130. The van der Waals surface area contributed by atoms with Crippen LogP contribution in [0.4, 0.5) is 15.8 Å². The van der Waals surface area contributed by atoms with E-state index in [9.17, 15) is 9.18 Å². The molecule has 1 N–H and O–H groups in total. The molecule has 0 radical (unpaired) electrons. The number of thioether (sulfide) groups is 1. The van der Waals surface area contributed by atoms with Crippen LogP contribution in [0.5, 0.6) is 5.75 Å². The summed E-state index contributed by atoms with van der Waals surface area (Å²) in [5.41, 5.74) is 2.23. The quantitative estimate of drug-likeness (QED) is 0.556. The van der Waals surface area contributed by atoms with Crippen molar-refractivity contribution in [3.63, 3.8) is 0 Å². The van der Waals surface area contributed by atoms with Gasteiger partial charge in [-0.1, -0.05) is 11.8 Å². The van der Waals surface area contributed by atoms with E-state index in [-0.39, 0.29) is 17.5 Å². The summed E-state index contributed by atoms with van der Waals surface area (Å²) in [6.45, 7) is 1.82. The Morgan fingerprint density at radius 1 is 1.16 bits per heavy atom. The molecule has 0 aliphatic carbocycles. The van der Waals surface area contributed by atoms with E-state index >= 15 is 0 Å². The van der Waals surface area contributed by atoms with Crippen LogP contribution in [-0.2, 0) is 4.79 Å². The number of methoxy groups -OCH3 is 1. The zero-order valence-corrected chi connectivity index (χ0v) is 18.1. The number of halogens is 1. The first-order valence-corrected chi connectivity index (χ1v) is 11.1. The molecule has 1 aromatic heterocycles. The number of benzene rings is 2. The van der Waals surface area contributed by atoms with Gasteiger partial charge in [-0.15, -0.1) is 10.2 Å². The number of rotatable bonds is 7. The molecule has 7 nitrogen and oxygen atoms in total. The first-order valence-electron chi connectivity index (χ1n) is 10.2. The van der Waals surface area contributed by atoms with Gasteiger partial charge in [0, 0.05) is 18.8 Å². The Bertz CT molecular complexity index is 1030. The minimum Gasteiger partial charge on any atom is -0.497 e. The van der Waals surface area contributed by atoms with Gasteiger partial charge >= 0.3 is 0 Å².